The highest BCUT2D eigenvalue weighted by Gasteiger charge is 2.05. The second-order valence-corrected chi connectivity index (χ2v) is 4.70. The molecule has 0 aliphatic heterocycles. The number of carbonyl (C=O) groups excluding carboxylic acids is 2. The number of hydrogen-bond acceptors (Lipinski definition) is 2. The lowest BCUT2D eigenvalue weighted by atomic mass is 10.1. The third-order valence-electron chi connectivity index (χ3n) is 2.87. The van der Waals surface area contributed by atoms with Crippen LogP contribution >= 0.6 is 0 Å². The Morgan fingerprint density at radius 1 is 0.955 bits per heavy atom. The third-order valence-corrected chi connectivity index (χ3v) is 2.87. The minimum atomic E-state index is -0.670. The Kier molecular flexibility index (Phi) is 5.03. The first kappa shape index (κ1) is 15.4. The molecule has 0 atom stereocenters. The lowest BCUT2D eigenvalue weighted by molar-refractivity contribution is -0.124. The van der Waals surface area contributed by atoms with Crippen LogP contribution in [0.2, 0.25) is 0 Å². The topological polar surface area (TPSA) is 72.2 Å². The lowest BCUT2D eigenvalue weighted by Gasteiger charge is -2.04. The van der Waals surface area contributed by atoms with E-state index in [2.05, 4.69) is 5.32 Å². The van der Waals surface area contributed by atoms with Crippen molar-refractivity contribution in [3.63, 3.8) is 0 Å². The van der Waals surface area contributed by atoms with Crippen molar-refractivity contribution < 1.29 is 14.0 Å². The Balaban J connectivity index is 1.98. The summed E-state index contributed by atoms with van der Waals surface area (Å²) in [7, 11) is 0. The zero-order chi connectivity index (χ0) is 15.9. The van der Waals surface area contributed by atoms with Crippen molar-refractivity contribution in [2.75, 3.05) is 5.32 Å². The number of primary amides is 1. The van der Waals surface area contributed by atoms with Crippen molar-refractivity contribution in [2.45, 2.75) is 6.42 Å². The Morgan fingerprint density at radius 2 is 1.45 bits per heavy atom. The summed E-state index contributed by atoms with van der Waals surface area (Å²) in [4.78, 5) is 22.0. The molecule has 3 N–H and O–H groups in total. The van der Waals surface area contributed by atoms with Crippen molar-refractivity contribution >= 4 is 29.7 Å². The van der Waals surface area contributed by atoms with Gasteiger partial charge >= 0.3 is 0 Å². The maximum absolute atomic E-state index is 12.8. The smallest absolute Gasteiger partial charge is 0.233 e. The molecule has 0 aliphatic rings. The first-order chi connectivity index (χ1) is 10.5. The number of nitrogens with one attached hydrogen (secondary N) is 1. The average Bonchev–Trinajstić information content (AvgIpc) is 2.47. The zero-order valence-electron chi connectivity index (χ0n) is 11.8. The predicted molar refractivity (Wildman–Crippen MR) is 84.2 cm³/mol. The molecule has 0 fully saturated rings. The van der Waals surface area contributed by atoms with E-state index in [4.69, 9.17) is 5.73 Å². The first-order valence-corrected chi connectivity index (χ1v) is 6.65. The average molecular weight is 298 g/mol. The zero-order valence-corrected chi connectivity index (χ0v) is 11.8. The van der Waals surface area contributed by atoms with Gasteiger partial charge in [0.25, 0.3) is 0 Å². The monoisotopic (exact) mass is 298 g/mol. The molecule has 4 nitrogen and oxygen atoms in total. The summed E-state index contributed by atoms with van der Waals surface area (Å²) >= 11 is 0. The molecule has 0 saturated carbocycles. The Bertz CT molecular complexity index is 692. The van der Waals surface area contributed by atoms with Gasteiger partial charge < -0.3 is 11.1 Å². The molecular formula is C17H15FN2O2. The van der Waals surface area contributed by atoms with Crippen LogP contribution in [0.3, 0.4) is 0 Å². The summed E-state index contributed by atoms with van der Waals surface area (Å²) in [5.74, 6) is -1.38. The van der Waals surface area contributed by atoms with Gasteiger partial charge in [-0.1, -0.05) is 36.4 Å². The van der Waals surface area contributed by atoms with Crippen LogP contribution in [0.1, 0.15) is 17.5 Å². The van der Waals surface area contributed by atoms with Crippen molar-refractivity contribution in [1.29, 1.82) is 0 Å². The van der Waals surface area contributed by atoms with E-state index in [1.807, 2.05) is 24.3 Å². The number of carbonyl (C=O) groups is 2. The number of halogens is 1. The first-order valence-electron chi connectivity index (χ1n) is 6.65. The number of nitrogens with two attached hydrogens (primary N) is 1. The van der Waals surface area contributed by atoms with Crippen LogP contribution in [0.5, 0.6) is 0 Å². The van der Waals surface area contributed by atoms with Gasteiger partial charge in [0, 0.05) is 5.69 Å². The third kappa shape index (κ3) is 4.86. The Labute approximate surface area is 127 Å². The Hall–Kier alpha value is -2.95. The van der Waals surface area contributed by atoms with Crippen molar-refractivity contribution in [2.24, 2.45) is 5.73 Å². The number of hydrogen-bond donors (Lipinski definition) is 2. The van der Waals surface area contributed by atoms with E-state index in [0.29, 0.717) is 5.69 Å². The van der Waals surface area contributed by atoms with Gasteiger partial charge in [0.1, 0.15) is 12.2 Å². The molecule has 112 valence electrons. The van der Waals surface area contributed by atoms with Gasteiger partial charge in [-0.2, -0.15) is 0 Å². The number of anilines is 1. The largest absolute Gasteiger partial charge is 0.369 e. The maximum atomic E-state index is 12.8. The highest BCUT2D eigenvalue weighted by molar-refractivity contribution is 6.03. The fraction of sp³-hybridized carbons (Fsp3) is 0.0588. The van der Waals surface area contributed by atoms with E-state index in [9.17, 15) is 14.0 Å². The molecule has 22 heavy (non-hydrogen) atoms. The maximum Gasteiger partial charge on any atom is 0.233 e. The van der Waals surface area contributed by atoms with Crippen LogP contribution in [-0.2, 0) is 9.59 Å². The summed E-state index contributed by atoms with van der Waals surface area (Å²) in [6.07, 6.45) is 3.40. The fourth-order valence-corrected chi connectivity index (χ4v) is 1.81. The molecule has 2 amide bonds. The SMILES string of the molecule is NC(=O)CC(=O)Nc1ccc(/C=C/c2ccc(F)cc2)cc1. The van der Waals surface area contributed by atoms with Crippen LogP contribution in [0.15, 0.2) is 48.5 Å². The van der Waals surface area contributed by atoms with Crippen LogP contribution in [0, 0.1) is 5.82 Å². The minimum absolute atomic E-state index is 0.270. The molecule has 2 rings (SSSR count). The van der Waals surface area contributed by atoms with E-state index >= 15 is 0 Å². The van der Waals surface area contributed by atoms with Gasteiger partial charge in [-0.15, -0.1) is 0 Å². The molecule has 0 spiro atoms. The second kappa shape index (κ2) is 7.17. The molecular weight excluding hydrogens is 283 g/mol. The summed E-state index contributed by atoms with van der Waals surface area (Å²) in [5.41, 5.74) is 7.35. The summed E-state index contributed by atoms with van der Waals surface area (Å²) < 4.78 is 12.8. The van der Waals surface area contributed by atoms with Crippen LogP contribution < -0.4 is 11.1 Å². The van der Waals surface area contributed by atoms with E-state index < -0.39 is 11.8 Å². The van der Waals surface area contributed by atoms with Gasteiger partial charge in [0.15, 0.2) is 0 Å². The molecule has 0 bridgehead atoms. The van der Waals surface area contributed by atoms with E-state index in [1.165, 1.54) is 12.1 Å². The summed E-state index contributed by atoms with van der Waals surface area (Å²) in [6.45, 7) is 0. The standard InChI is InChI=1S/C17H15FN2O2/c18-14-7-3-12(4-8-14)1-2-13-5-9-15(10-6-13)20-17(22)11-16(19)21/h1-10H,11H2,(H2,19,21)(H,20,22)/b2-1+. The molecule has 2 aromatic rings. The molecule has 0 aromatic heterocycles. The molecule has 0 radical (unpaired) electrons. The number of rotatable bonds is 5. The van der Waals surface area contributed by atoms with Gasteiger partial charge in [0.2, 0.25) is 11.8 Å². The van der Waals surface area contributed by atoms with Crippen molar-refractivity contribution in [1.82, 2.24) is 0 Å². The van der Waals surface area contributed by atoms with E-state index in [-0.39, 0.29) is 12.2 Å². The second-order valence-electron chi connectivity index (χ2n) is 4.70. The molecule has 0 heterocycles. The Morgan fingerprint density at radius 3 is 1.95 bits per heavy atom. The molecule has 5 heteroatoms. The molecule has 0 unspecified atom stereocenters. The molecule has 0 saturated heterocycles. The van der Waals surface area contributed by atoms with E-state index in [1.54, 1.807) is 24.3 Å². The number of amides is 2. The van der Waals surface area contributed by atoms with Gasteiger partial charge in [0.05, 0.1) is 0 Å². The van der Waals surface area contributed by atoms with Crippen LogP contribution in [0.25, 0.3) is 12.2 Å². The lowest BCUT2D eigenvalue weighted by Crippen LogP contribution is -2.21. The van der Waals surface area contributed by atoms with Gasteiger partial charge in [-0.05, 0) is 35.4 Å². The van der Waals surface area contributed by atoms with Crippen LogP contribution in [0.4, 0.5) is 10.1 Å². The van der Waals surface area contributed by atoms with E-state index in [0.717, 1.165) is 11.1 Å². The quantitative estimate of drug-likeness (QED) is 0.658. The van der Waals surface area contributed by atoms with Gasteiger partial charge in [-0.25, -0.2) is 4.39 Å². The normalized spacial score (nSPS) is 10.6. The minimum Gasteiger partial charge on any atom is -0.369 e. The highest BCUT2D eigenvalue weighted by Crippen LogP contribution is 2.13. The van der Waals surface area contributed by atoms with Crippen LogP contribution in [-0.4, -0.2) is 11.8 Å². The fourth-order valence-electron chi connectivity index (χ4n) is 1.81. The number of benzene rings is 2. The predicted octanol–water partition coefficient (Wildman–Crippen LogP) is 2.81. The van der Waals surface area contributed by atoms with Crippen molar-refractivity contribution in [3.8, 4) is 0 Å². The molecule has 0 aliphatic carbocycles. The summed E-state index contributed by atoms with van der Waals surface area (Å²) in [5, 5.41) is 2.57. The highest BCUT2D eigenvalue weighted by atomic mass is 19.1. The van der Waals surface area contributed by atoms with Gasteiger partial charge in [-0.3, -0.25) is 9.59 Å². The van der Waals surface area contributed by atoms with Crippen molar-refractivity contribution in [3.05, 3.63) is 65.5 Å². The molecule has 2 aromatic carbocycles. The summed E-state index contributed by atoms with van der Waals surface area (Å²) in [6, 6.07) is 13.3.